The minimum absolute atomic E-state index is 0.156. The van der Waals surface area contributed by atoms with Gasteiger partial charge in [-0.15, -0.1) is 0 Å². The standard InChI is InChI=1S/C10H5ClF3NO/c1-5(16)7-3-8(10(12,13)14)6(4-15)2-9(7)11/h2-3H,1H3. The van der Waals surface area contributed by atoms with E-state index in [1.54, 1.807) is 0 Å². The quantitative estimate of drug-likeness (QED) is 0.714. The van der Waals surface area contributed by atoms with E-state index in [4.69, 9.17) is 16.9 Å². The highest BCUT2D eigenvalue weighted by molar-refractivity contribution is 6.34. The van der Waals surface area contributed by atoms with Crippen molar-refractivity contribution in [2.45, 2.75) is 13.1 Å². The van der Waals surface area contributed by atoms with Crippen LogP contribution in [0, 0.1) is 11.3 Å². The SMILES string of the molecule is CC(=O)c1cc(C(F)(F)F)c(C#N)cc1Cl. The molecule has 0 fully saturated rings. The van der Waals surface area contributed by atoms with Crippen LogP contribution < -0.4 is 0 Å². The van der Waals surface area contributed by atoms with Crippen molar-refractivity contribution in [3.05, 3.63) is 33.8 Å². The van der Waals surface area contributed by atoms with E-state index in [0.717, 1.165) is 13.0 Å². The summed E-state index contributed by atoms with van der Waals surface area (Å²) in [6.45, 7) is 1.10. The van der Waals surface area contributed by atoms with Gasteiger partial charge in [0.1, 0.15) is 0 Å². The highest BCUT2D eigenvalue weighted by atomic mass is 35.5. The molecule has 0 radical (unpaired) electrons. The summed E-state index contributed by atoms with van der Waals surface area (Å²) in [4.78, 5) is 11.0. The lowest BCUT2D eigenvalue weighted by atomic mass is 10.0. The molecule has 2 nitrogen and oxygen atoms in total. The summed E-state index contributed by atoms with van der Waals surface area (Å²) in [5, 5.41) is 8.39. The Morgan fingerprint density at radius 3 is 2.38 bits per heavy atom. The predicted molar refractivity (Wildman–Crippen MR) is 51.2 cm³/mol. The molecule has 0 aliphatic carbocycles. The Morgan fingerprint density at radius 1 is 1.44 bits per heavy atom. The van der Waals surface area contributed by atoms with Crippen molar-refractivity contribution in [1.29, 1.82) is 5.26 Å². The molecule has 0 unspecified atom stereocenters. The molecule has 0 atom stereocenters. The number of carbonyl (C=O) groups is 1. The molecule has 1 aromatic carbocycles. The molecule has 84 valence electrons. The Bertz CT molecular complexity index is 488. The van der Waals surface area contributed by atoms with Crippen LogP contribution in [0.1, 0.15) is 28.4 Å². The number of hydrogen-bond acceptors (Lipinski definition) is 2. The average molecular weight is 248 g/mol. The molecule has 0 aliphatic rings. The zero-order valence-electron chi connectivity index (χ0n) is 8.02. The highest BCUT2D eigenvalue weighted by Gasteiger charge is 2.34. The van der Waals surface area contributed by atoms with Gasteiger partial charge in [0.05, 0.1) is 22.2 Å². The molecule has 0 aromatic heterocycles. The lowest BCUT2D eigenvalue weighted by Gasteiger charge is -2.10. The van der Waals surface area contributed by atoms with E-state index < -0.39 is 23.1 Å². The molecule has 0 aliphatic heterocycles. The number of ketones is 1. The van der Waals surface area contributed by atoms with E-state index >= 15 is 0 Å². The Labute approximate surface area is 94.2 Å². The van der Waals surface area contributed by atoms with Gasteiger partial charge in [-0.2, -0.15) is 18.4 Å². The van der Waals surface area contributed by atoms with Gasteiger partial charge in [0.15, 0.2) is 5.78 Å². The van der Waals surface area contributed by atoms with Crippen LogP contribution in [0.5, 0.6) is 0 Å². The van der Waals surface area contributed by atoms with Crippen molar-refractivity contribution in [1.82, 2.24) is 0 Å². The summed E-state index contributed by atoms with van der Waals surface area (Å²) in [6.07, 6.45) is -4.68. The maximum Gasteiger partial charge on any atom is 0.417 e. The summed E-state index contributed by atoms with van der Waals surface area (Å²) < 4.78 is 37.5. The fourth-order valence-electron chi connectivity index (χ4n) is 1.17. The minimum Gasteiger partial charge on any atom is -0.294 e. The first-order valence-corrected chi connectivity index (χ1v) is 4.47. The Morgan fingerprint density at radius 2 is 2.00 bits per heavy atom. The van der Waals surface area contributed by atoms with Gasteiger partial charge >= 0.3 is 6.18 Å². The van der Waals surface area contributed by atoms with Crippen molar-refractivity contribution in [3.63, 3.8) is 0 Å². The number of hydrogen-bond donors (Lipinski definition) is 0. The average Bonchev–Trinajstić information content (AvgIpc) is 2.14. The molecular weight excluding hydrogens is 243 g/mol. The fourth-order valence-corrected chi connectivity index (χ4v) is 1.47. The summed E-state index contributed by atoms with van der Waals surface area (Å²) in [5.74, 6) is -0.583. The molecule has 0 spiro atoms. The van der Waals surface area contributed by atoms with Crippen LogP contribution >= 0.6 is 11.6 Å². The second-order valence-electron chi connectivity index (χ2n) is 3.04. The normalized spacial score (nSPS) is 11.0. The lowest BCUT2D eigenvalue weighted by molar-refractivity contribution is -0.137. The van der Waals surface area contributed by atoms with Gasteiger partial charge in [-0.25, -0.2) is 0 Å². The van der Waals surface area contributed by atoms with E-state index in [-0.39, 0.29) is 10.6 Å². The molecule has 0 saturated carbocycles. The van der Waals surface area contributed by atoms with E-state index in [0.29, 0.717) is 6.07 Å². The molecule has 0 amide bonds. The first-order valence-electron chi connectivity index (χ1n) is 4.09. The largest absolute Gasteiger partial charge is 0.417 e. The molecule has 0 saturated heterocycles. The van der Waals surface area contributed by atoms with Gasteiger partial charge in [-0.05, 0) is 19.1 Å². The molecule has 0 bridgehead atoms. The van der Waals surface area contributed by atoms with Crippen molar-refractivity contribution < 1.29 is 18.0 Å². The van der Waals surface area contributed by atoms with Crippen molar-refractivity contribution in [2.75, 3.05) is 0 Å². The van der Waals surface area contributed by atoms with Crippen LogP contribution in [0.4, 0.5) is 13.2 Å². The van der Waals surface area contributed by atoms with Crippen molar-refractivity contribution in [3.8, 4) is 6.07 Å². The minimum atomic E-state index is -4.68. The second-order valence-corrected chi connectivity index (χ2v) is 3.45. The fraction of sp³-hybridized carbons (Fsp3) is 0.200. The first kappa shape index (κ1) is 12.5. The van der Waals surface area contributed by atoms with Crippen LogP contribution in [0.2, 0.25) is 5.02 Å². The smallest absolute Gasteiger partial charge is 0.294 e. The lowest BCUT2D eigenvalue weighted by Crippen LogP contribution is -2.10. The van der Waals surface area contributed by atoms with E-state index in [2.05, 4.69) is 0 Å². The number of carbonyl (C=O) groups excluding carboxylic acids is 1. The van der Waals surface area contributed by atoms with E-state index in [9.17, 15) is 18.0 Å². The number of halogens is 4. The molecule has 0 heterocycles. The number of nitrogens with zero attached hydrogens (tertiary/aromatic N) is 1. The van der Waals surface area contributed by atoms with E-state index in [1.807, 2.05) is 0 Å². The third-order valence-electron chi connectivity index (χ3n) is 1.91. The van der Waals surface area contributed by atoms with Gasteiger partial charge in [0.25, 0.3) is 0 Å². The van der Waals surface area contributed by atoms with E-state index in [1.165, 1.54) is 6.07 Å². The van der Waals surface area contributed by atoms with Gasteiger partial charge in [-0.3, -0.25) is 4.79 Å². The summed E-state index contributed by atoms with van der Waals surface area (Å²) in [5.41, 5.74) is -1.99. The molecule has 6 heteroatoms. The van der Waals surface area contributed by atoms with Crippen molar-refractivity contribution >= 4 is 17.4 Å². The summed E-state index contributed by atoms with van der Waals surface area (Å²) in [7, 11) is 0. The zero-order chi connectivity index (χ0) is 12.5. The molecule has 1 rings (SSSR count). The predicted octanol–water partition coefficient (Wildman–Crippen LogP) is 3.43. The maximum atomic E-state index is 12.5. The van der Waals surface area contributed by atoms with Crippen LogP contribution in [-0.2, 0) is 6.18 Å². The third kappa shape index (κ3) is 2.34. The molecular formula is C10H5ClF3NO. The molecule has 16 heavy (non-hydrogen) atoms. The summed E-state index contributed by atoms with van der Waals surface area (Å²) >= 11 is 5.59. The van der Waals surface area contributed by atoms with Crippen LogP contribution in [-0.4, -0.2) is 5.78 Å². The van der Waals surface area contributed by atoms with Gasteiger partial charge in [0, 0.05) is 5.56 Å². The Kier molecular flexibility index (Phi) is 3.24. The number of benzene rings is 1. The Hall–Kier alpha value is -1.54. The van der Waals surface area contributed by atoms with Crippen LogP contribution in [0.3, 0.4) is 0 Å². The van der Waals surface area contributed by atoms with Gasteiger partial charge in [0.2, 0.25) is 0 Å². The molecule has 0 N–H and O–H groups in total. The van der Waals surface area contributed by atoms with Gasteiger partial charge in [-0.1, -0.05) is 11.6 Å². The first-order chi connectivity index (χ1) is 7.27. The van der Waals surface area contributed by atoms with Crippen molar-refractivity contribution in [2.24, 2.45) is 0 Å². The monoisotopic (exact) mass is 247 g/mol. The van der Waals surface area contributed by atoms with Gasteiger partial charge < -0.3 is 0 Å². The maximum absolute atomic E-state index is 12.5. The number of Topliss-reactive ketones (excluding diaryl/α,β-unsaturated/α-hetero) is 1. The number of alkyl halides is 3. The topological polar surface area (TPSA) is 40.9 Å². The summed E-state index contributed by atoms with van der Waals surface area (Å²) in [6, 6.07) is 2.84. The number of rotatable bonds is 1. The second kappa shape index (κ2) is 4.14. The van der Waals surface area contributed by atoms with Crippen LogP contribution in [0.25, 0.3) is 0 Å². The third-order valence-corrected chi connectivity index (χ3v) is 2.23. The highest BCUT2D eigenvalue weighted by Crippen LogP contribution is 2.34. The molecule has 1 aromatic rings. The van der Waals surface area contributed by atoms with Crippen LogP contribution in [0.15, 0.2) is 12.1 Å². The zero-order valence-corrected chi connectivity index (χ0v) is 8.78. The Balaban J connectivity index is 3.55. The number of nitriles is 1.